The van der Waals surface area contributed by atoms with Crippen molar-refractivity contribution < 1.29 is 22.8 Å². The van der Waals surface area contributed by atoms with Crippen LogP contribution in [0.25, 0.3) is 0 Å². The van der Waals surface area contributed by atoms with Crippen LogP contribution in [0.5, 0.6) is 0 Å². The molecule has 0 radical (unpaired) electrons. The summed E-state index contributed by atoms with van der Waals surface area (Å²) in [5, 5.41) is 0. The lowest BCUT2D eigenvalue weighted by atomic mass is 10.4. The Morgan fingerprint density at radius 3 is 2.50 bits per heavy atom. The van der Waals surface area contributed by atoms with Gasteiger partial charge in [-0.15, -0.1) is 0 Å². The van der Waals surface area contributed by atoms with Crippen molar-refractivity contribution >= 4 is 5.91 Å². The van der Waals surface area contributed by atoms with Gasteiger partial charge >= 0.3 is 12.1 Å². The number of hydroxylamine groups is 1. The summed E-state index contributed by atoms with van der Waals surface area (Å²) in [7, 11) is 0. The monoisotopic (exact) mass is 235 g/mol. The van der Waals surface area contributed by atoms with E-state index in [1.165, 1.54) is 18.5 Å². The Balaban J connectivity index is 2.48. The molecule has 8 heteroatoms. The van der Waals surface area contributed by atoms with Crippen LogP contribution in [0, 0.1) is 0 Å². The summed E-state index contributed by atoms with van der Waals surface area (Å²) in [5.74, 6) is -1.20. The second-order valence-corrected chi connectivity index (χ2v) is 2.81. The zero-order valence-corrected chi connectivity index (χ0v) is 8.15. The van der Waals surface area contributed by atoms with E-state index in [0.717, 1.165) is 6.92 Å². The second-order valence-electron chi connectivity index (χ2n) is 2.81. The molecule has 0 aliphatic carbocycles. The Morgan fingerprint density at radius 1 is 1.44 bits per heavy atom. The number of alkyl halides is 3. The summed E-state index contributed by atoms with van der Waals surface area (Å²) in [5.41, 5.74) is 1.62. The minimum absolute atomic E-state index is 0.267. The molecule has 0 aliphatic rings. The first kappa shape index (κ1) is 12.4. The molecule has 1 N–H and O–H groups in total. The molecule has 0 aliphatic heterocycles. The van der Waals surface area contributed by atoms with Crippen molar-refractivity contribution in [1.82, 2.24) is 15.4 Å². The minimum atomic E-state index is -4.54. The lowest BCUT2D eigenvalue weighted by Crippen LogP contribution is -2.37. The van der Waals surface area contributed by atoms with Gasteiger partial charge in [-0.1, -0.05) is 0 Å². The van der Waals surface area contributed by atoms with Crippen LogP contribution in [-0.4, -0.2) is 28.2 Å². The van der Waals surface area contributed by atoms with Crippen LogP contribution < -0.4 is 5.48 Å². The predicted molar refractivity (Wildman–Crippen MR) is 46.1 cm³/mol. The molecular formula is C8H8F3N3O2. The minimum Gasteiger partial charge on any atom is -0.263 e. The quantitative estimate of drug-likeness (QED) is 0.796. The molecule has 0 spiro atoms. The Hall–Kier alpha value is -1.70. The maximum Gasteiger partial charge on any atom is 0.416 e. The first-order valence-corrected chi connectivity index (χ1v) is 4.21. The maximum atomic E-state index is 12.0. The number of carbonyl (C=O) groups is 1. The van der Waals surface area contributed by atoms with Gasteiger partial charge in [0.15, 0.2) is 6.10 Å². The lowest BCUT2D eigenvalue weighted by Gasteiger charge is -2.15. The van der Waals surface area contributed by atoms with Crippen molar-refractivity contribution in [2.75, 3.05) is 0 Å². The van der Waals surface area contributed by atoms with Crippen LogP contribution in [0.2, 0.25) is 0 Å². The van der Waals surface area contributed by atoms with Crippen molar-refractivity contribution in [3.05, 3.63) is 24.3 Å². The Bertz CT molecular complexity index is 355. The number of halogens is 3. The molecule has 1 unspecified atom stereocenters. The van der Waals surface area contributed by atoms with Gasteiger partial charge in [0.1, 0.15) is 0 Å². The van der Waals surface area contributed by atoms with Crippen LogP contribution in [-0.2, 0) is 4.84 Å². The molecule has 0 fully saturated rings. The normalized spacial score (nSPS) is 13.2. The van der Waals surface area contributed by atoms with Crippen LogP contribution in [0.4, 0.5) is 13.2 Å². The topological polar surface area (TPSA) is 64.1 Å². The number of hydrogen-bond acceptors (Lipinski definition) is 4. The zero-order chi connectivity index (χ0) is 12.2. The van der Waals surface area contributed by atoms with Gasteiger partial charge in [-0.25, -0.2) is 15.4 Å². The highest BCUT2D eigenvalue weighted by Crippen LogP contribution is 2.21. The van der Waals surface area contributed by atoms with Gasteiger partial charge in [-0.3, -0.25) is 9.63 Å². The molecule has 1 rings (SSSR count). The molecule has 0 bridgehead atoms. The smallest absolute Gasteiger partial charge is 0.263 e. The summed E-state index contributed by atoms with van der Waals surface area (Å²) in [6, 6.07) is 1.47. The predicted octanol–water partition coefficient (Wildman–Crippen LogP) is 1.09. The van der Waals surface area contributed by atoms with E-state index in [1.54, 1.807) is 5.48 Å². The van der Waals surface area contributed by atoms with Crippen molar-refractivity contribution in [2.45, 2.75) is 19.2 Å². The van der Waals surface area contributed by atoms with Gasteiger partial charge in [0.05, 0.1) is 0 Å². The Kier molecular flexibility index (Phi) is 3.78. The number of nitrogens with zero attached hydrogens (tertiary/aromatic N) is 2. The fourth-order valence-electron chi connectivity index (χ4n) is 0.671. The van der Waals surface area contributed by atoms with Crippen molar-refractivity contribution in [2.24, 2.45) is 0 Å². The first-order valence-electron chi connectivity index (χ1n) is 4.21. The summed E-state index contributed by atoms with van der Waals surface area (Å²) >= 11 is 0. The summed E-state index contributed by atoms with van der Waals surface area (Å²) < 4.78 is 36.0. The second kappa shape index (κ2) is 4.88. The third kappa shape index (κ3) is 3.46. The molecule has 0 saturated carbocycles. The van der Waals surface area contributed by atoms with Crippen molar-refractivity contribution in [1.29, 1.82) is 0 Å². The van der Waals surface area contributed by atoms with Crippen LogP contribution >= 0.6 is 0 Å². The van der Waals surface area contributed by atoms with E-state index in [9.17, 15) is 18.0 Å². The van der Waals surface area contributed by atoms with Crippen molar-refractivity contribution in [3.63, 3.8) is 0 Å². The number of nitrogens with one attached hydrogen (secondary N) is 1. The van der Waals surface area contributed by atoms with Gasteiger partial charge in [-0.05, 0) is 13.0 Å². The molecule has 16 heavy (non-hydrogen) atoms. The van der Waals surface area contributed by atoms with Gasteiger partial charge in [0.25, 0.3) is 0 Å². The Labute approximate surface area is 88.6 Å². The van der Waals surface area contributed by atoms with Crippen LogP contribution in [0.3, 0.4) is 0 Å². The molecule has 1 aromatic heterocycles. The number of carbonyl (C=O) groups excluding carboxylic acids is 1. The lowest BCUT2D eigenvalue weighted by molar-refractivity contribution is -0.226. The molecule has 1 amide bonds. The van der Waals surface area contributed by atoms with E-state index < -0.39 is 18.2 Å². The van der Waals surface area contributed by atoms with Crippen LogP contribution in [0.15, 0.2) is 18.5 Å². The van der Waals surface area contributed by atoms with Gasteiger partial charge in [0.2, 0.25) is 5.82 Å². The molecule has 0 saturated heterocycles. The third-order valence-corrected chi connectivity index (χ3v) is 1.56. The summed E-state index contributed by atoms with van der Waals surface area (Å²) in [6.07, 6.45) is -4.06. The van der Waals surface area contributed by atoms with E-state index in [2.05, 4.69) is 14.8 Å². The van der Waals surface area contributed by atoms with Crippen molar-refractivity contribution in [3.8, 4) is 0 Å². The zero-order valence-electron chi connectivity index (χ0n) is 8.15. The molecule has 1 heterocycles. The molecule has 88 valence electrons. The Morgan fingerprint density at radius 2 is 2.00 bits per heavy atom. The molecule has 1 atom stereocenters. The molecule has 1 aromatic rings. The third-order valence-electron chi connectivity index (χ3n) is 1.56. The van der Waals surface area contributed by atoms with Gasteiger partial charge < -0.3 is 0 Å². The average Bonchev–Trinajstić information content (AvgIpc) is 2.25. The maximum absolute atomic E-state index is 12.0. The highest BCUT2D eigenvalue weighted by atomic mass is 19.4. The molecule has 0 aromatic carbocycles. The fourth-order valence-corrected chi connectivity index (χ4v) is 0.671. The fraction of sp³-hybridized carbons (Fsp3) is 0.375. The van der Waals surface area contributed by atoms with E-state index in [0.29, 0.717) is 0 Å². The molecule has 5 nitrogen and oxygen atoms in total. The SMILES string of the molecule is CC(ONC(=O)c1ncccn1)C(F)(F)F. The number of rotatable bonds is 3. The summed E-state index contributed by atoms with van der Waals surface area (Å²) in [4.78, 5) is 22.3. The van der Waals surface area contributed by atoms with E-state index >= 15 is 0 Å². The largest absolute Gasteiger partial charge is 0.416 e. The highest BCUT2D eigenvalue weighted by Gasteiger charge is 2.38. The van der Waals surface area contributed by atoms with Crippen LogP contribution in [0.1, 0.15) is 17.5 Å². The van der Waals surface area contributed by atoms with E-state index in [-0.39, 0.29) is 5.82 Å². The highest BCUT2D eigenvalue weighted by molar-refractivity contribution is 5.89. The number of amides is 1. The van der Waals surface area contributed by atoms with Gasteiger partial charge in [-0.2, -0.15) is 13.2 Å². The number of aromatic nitrogens is 2. The van der Waals surface area contributed by atoms with E-state index in [4.69, 9.17) is 0 Å². The number of hydrogen-bond donors (Lipinski definition) is 1. The average molecular weight is 235 g/mol. The first-order chi connectivity index (χ1) is 7.41. The summed E-state index contributed by atoms with van der Waals surface area (Å²) in [6.45, 7) is 0.770. The van der Waals surface area contributed by atoms with E-state index in [1.807, 2.05) is 0 Å². The van der Waals surface area contributed by atoms with Gasteiger partial charge in [0, 0.05) is 12.4 Å². The molecular weight excluding hydrogens is 227 g/mol. The standard InChI is InChI=1S/C8H8F3N3O2/c1-5(8(9,10)11)16-14-7(15)6-12-3-2-4-13-6/h2-5H,1H3,(H,14,15).